The Bertz CT molecular complexity index is 570. The lowest BCUT2D eigenvalue weighted by Crippen LogP contribution is -2.44. The first-order valence-corrected chi connectivity index (χ1v) is 7.98. The third-order valence-corrected chi connectivity index (χ3v) is 5.15. The standard InChI is InChI=1S/C15H22N2O3S/c1-8-11(21-14(16-8)15(3,4)5)12(18)17(10-6-7-10)9(2)13(19)20/h9-10H,6-7H2,1-5H3,(H,19,20). The number of aryl methyl sites for hydroxylation is 1. The third kappa shape index (κ3) is 3.26. The maximum Gasteiger partial charge on any atom is 0.326 e. The molecule has 1 aliphatic rings. The van der Waals surface area contributed by atoms with Crippen LogP contribution >= 0.6 is 11.3 Å². The van der Waals surface area contributed by atoms with E-state index < -0.39 is 12.0 Å². The maximum atomic E-state index is 12.8. The second-order valence-electron chi connectivity index (χ2n) is 6.64. The minimum Gasteiger partial charge on any atom is -0.480 e. The largest absolute Gasteiger partial charge is 0.480 e. The van der Waals surface area contributed by atoms with E-state index in [1.807, 2.05) is 6.92 Å². The molecule has 1 saturated carbocycles. The van der Waals surface area contributed by atoms with Gasteiger partial charge in [-0.05, 0) is 26.7 Å². The van der Waals surface area contributed by atoms with Gasteiger partial charge in [0.05, 0.1) is 10.7 Å². The molecule has 1 amide bonds. The fourth-order valence-electron chi connectivity index (χ4n) is 2.16. The number of hydrogen-bond acceptors (Lipinski definition) is 4. The Morgan fingerprint density at radius 1 is 1.38 bits per heavy atom. The smallest absolute Gasteiger partial charge is 0.326 e. The quantitative estimate of drug-likeness (QED) is 0.928. The molecule has 0 bridgehead atoms. The van der Waals surface area contributed by atoms with Gasteiger partial charge in [0.1, 0.15) is 10.9 Å². The van der Waals surface area contributed by atoms with E-state index in [0.717, 1.165) is 17.8 Å². The zero-order valence-electron chi connectivity index (χ0n) is 13.1. The summed E-state index contributed by atoms with van der Waals surface area (Å²) in [5, 5.41) is 10.1. The van der Waals surface area contributed by atoms with Crippen molar-refractivity contribution >= 4 is 23.2 Å². The van der Waals surface area contributed by atoms with Crippen molar-refractivity contribution in [2.75, 3.05) is 0 Å². The number of amides is 1. The molecular formula is C15H22N2O3S. The number of nitrogens with zero attached hydrogens (tertiary/aromatic N) is 2. The van der Waals surface area contributed by atoms with E-state index in [2.05, 4.69) is 25.8 Å². The zero-order valence-corrected chi connectivity index (χ0v) is 14.0. The molecule has 1 heterocycles. The molecule has 5 nitrogen and oxygen atoms in total. The van der Waals surface area contributed by atoms with E-state index in [-0.39, 0.29) is 17.4 Å². The summed E-state index contributed by atoms with van der Waals surface area (Å²) >= 11 is 1.38. The number of hydrogen-bond donors (Lipinski definition) is 1. The molecule has 0 saturated heterocycles. The van der Waals surface area contributed by atoms with Crippen LogP contribution in [-0.2, 0) is 10.2 Å². The Morgan fingerprint density at radius 3 is 2.33 bits per heavy atom. The first-order chi connectivity index (χ1) is 9.62. The Kier molecular flexibility index (Phi) is 4.10. The van der Waals surface area contributed by atoms with Crippen LogP contribution in [0.1, 0.15) is 60.9 Å². The highest BCUT2D eigenvalue weighted by atomic mass is 32.1. The van der Waals surface area contributed by atoms with Gasteiger partial charge >= 0.3 is 5.97 Å². The van der Waals surface area contributed by atoms with Crippen LogP contribution < -0.4 is 0 Å². The van der Waals surface area contributed by atoms with Gasteiger partial charge < -0.3 is 10.0 Å². The number of rotatable bonds is 4. The molecule has 1 fully saturated rings. The summed E-state index contributed by atoms with van der Waals surface area (Å²) in [4.78, 5) is 30.6. The molecule has 1 aliphatic carbocycles. The van der Waals surface area contributed by atoms with Crippen molar-refractivity contribution in [3.8, 4) is 0 Å². The van der Waals surface area contributed by atoms with Crippen LogP contribution in [0.15, 0.2) is 0 Å². The topological polar surface area (TPSA) is 70.5 Å². The summed E-state index contributed by atoms with van der Waals surface area (Å²) in [5.74, 6) is -1.16. The fourth-order valence-corrected chi connectivity index (χ4v) is 3.23. The average Bonchev–Trinajstić information content (AvgIpc) is 3.09. The van der Waals surface area contributed by atoms with Crippen LogP contribution in [0, 0.1) is 6.92 Å². The summed E-state index contributed by atoms with van der Waals surface area (Å²) in [6, 6.07) is -0.743. The van der Waals surface area contributed by atoms with Gasteiger partial charge in [0.15, 0.2) is 0 Å². The summed E-state index contributed by atoms with van der Waals surface area (Å²) in [6.07, 6.45) is 1.76. The SMILES string of the molecule is Cc1nc(C(C)(C)C)sc1C(=O)N(C1CC1)C(C)C(=O)O. The number of aromatic nitrogens is 1. The molecule has 1 aromatic heterocycles. The first-order valence-electron chi connectivity index (χ1n) is 7.16. The molecule has 0 spiro atoms. The van der Waals surface area contributed by atoms with Crippen molar-refractivity contribution in [1.82, 2.24) is 9.88 Å². The number of aliphatic carboxylic acids is 1. The maximum absolute atomic E-state index is 12.8. The van der Waals surface area contributed by atoms with Crippen molar-refractivity contribution < 1.29 is 14.7 Å². The zero-order chi connectivity index (χ0) is 15.9. The molecule has 116 valence electrons. The van der Waals surface area contributed by atoms with Gasteiger partial charge in [0, 0.05) is 11.5 Å². The lowest BCUT2D eigenvalue weighted by atomic mass is 9.98. The number of thiazole rings is 1. The van der Waals surface area contributed by atoms with Crippen molar-refractivity contribution in [2.45, 2.75) is 65.0 Å². The minimum absolute atomic E-state index is 0.0585. The van der Waals surface area contributed by atoms with Crippen molar-refractivity contribution in [3.63, 3.8) is 0 Å². The highest BCUT2D eigenvalue weighted by molar-refractivity contribution is 7.14. The second kappa shape index (κ2) is 5.40. The number of carboxylic acids is 1. The monoisotopic (exact) mass is 310 g/mol. The van der Waals surface area contributed by atoms with Crippen LogP contribution in [0.5, 0.6) is 0 Å². The van der Waals surface area contributed by atoms with E-state index in [1.54, 1.807) is 6.92 Å². The molecular weight excluding hydrogens is 288 g/mol. The summed E-state index contributed by atoms with van der Waals surface area (Å²) < 4.78 is 0. The highest BCUT2D eigenvalue weighted by Gasteiger charge is 2.40. The molecule has 2 rings (SSSR count). The van der Waals surface area contributed by atoms with Gasteiger partial charge in [-0.15, -0.1) is 11.3 Å². The summed E-state index contributed by atoms with van der Waals surface area (Å²) in [5.41, 5.74) is 0.578. The summed E-state index contributed by atoms with van der Waals surface area (Å²) in [7, 11) is 0. The molecule has 1 N–H and O–H groups in total. The number of carbonyl (C=O) groups excluding carboxylic acids is 1. The van der Waals surface area contributed by atoms with E-state index in [0.29, 0.717) is 10.6 Å². The van der Waals surface area contributed by atoms with Crippen LogP contribution in [0.2, 0.25) is 0 Å². The molecule has 1 aromatic rings. The Hall–Kier alpha value is -1.43. The Balaban J connectivity index is 2.33. The highest BCUT2D eigenvalue weighted by Crippen LogP contribution is 2.34. The minimum atomic E-state index is -0.964. The lowest BCUT2D eigenvalue weighted by Gasteiger charge is -2.26. The second-order valence-corrected chi connectivity index (χ2v) is 7.64. The van der Waals surface area contributed by atoms with Gasteiger partial charge in [-0.2, -0.15) is 0 Å². The molecule has 0 aliphatic heterocycles. The lowest BCUT2D eigenvalue weighted by molar-refractivity contribution is -0.141. The van der Waals surface area contributed by atoms with Crippen LogP contribution in [0.3, 0.4) is 0 Å². The van der Waals surface area contributed by atoms with Gasteiger partial charge in [-0.1, -0.05) is 20.8 Å². The molecule has 21 heavy (non-hydrogen) atoms. The van der Waals surface area contributed by atoms with Gasteiger partial charge in [-0.25, -0.2) is 9.78 Å². The predicted octanol–water partition coefficient (Wildman–Crippen LogP) is 2.83. The summed E-state index contributed by atoms with van der Waals surface area (Å²) in [6.45, 7) is 9.54. The van der Waals surface area contributed by atoms with Gasteiger partial charge in [0.25, 0.3) is 5.91 Å². The van der Waals surface area contributed by atoms with E-state index in [4.69, 9.17) is 0 Å². The van der Waals surface area contributed by atoms with Crippen molar-refractivity contribution in [2.24, 2.45) is 0 Å². The molecule has 6 heteroatoms. The van der Waals surface area contributed by atoms with Crippen LogP contribution in [0.25, 0.3) is 0 Å². The van der Waals surface area contributed by atoms with Crippen molar-refractivity contribution in [1.29, 1.82) is 0 Å². The van der Waals surface area contributed by atoms with Crippen LogP contribution in [-0.4, -0.2) is 39.0 Å². The third-order valence-electron chi connectivity index (χ3n) is 3.58. The molecule has 1 atom stereocenters. The first kappa shape index (κ1) is 15.9. The van der Waals surface area contributed by atoms with Gasteiger partial charge in [-0.3, -0.25) is 4.79 Å². The van der Waals surface area contributed by atoms with Gasteiger partial charge in [0.2, 0.25) is 0 Å². The Morgan fingerprint density at radius 2 is 1.95 bits per heavy atom. The number of carboxylic acid groups (broad SMARTS) is 1. The molecule has 0 aromatic carbocycles. The number of carbonyl (C=O) groups is 2. The normalized spacial score (nSPS) is 16.6. The average molecular weight is 310 g/mol. The van der Waals surface area contributed by atoms with E-state index >= 15 is 0 Å². The molecule has 0 radical (unpaired) electrons. The van der Waals surface area contributed by atoms with Crippen LogP contribution in [0.4, 0.5) is 0 Å². The van der Waals surface area contributed by atoms with E-state index in [1.165, 1.54) is 16.2 Å². The van der Waals surface area contributed by atoms with Crippen molar-refractivity contribution in [3.05, 3.63) is 15.6 Å². The predicted molar refractivity (Wildman–Crippen MR) is 81.8 cm³/mol. The molecule has 1 unspecified atom stereocenters. The fraction of sp³-hybridized carbons (Fsp3) is 0.667. The van der Waals surface area contributed by atoms with E-state index in [9.17, 15) is 14.7 Å². The Labute approximate surface area is 129 Å².